The van der Waals surface area contributed by atoms with E-state index in [0.717, 1.165) is 12.0 Å². The maximum Gasteiger partial charge on any atom is 0.219 e. The summed E-state index contributed by atoms with van der Waals surface area (Å²) in [7, 11) is 0. The average Bonchev–Trinajstić information content (AvgIpc) is 2.41. The Morgan fingerprint density at radius 1 is 1.21 bits per heavy atom. The van der Waals surface area contributed by atoms with Crippen LogP contribution in [-0.2, 0) is 4.79 Å². The van der Waals surface area contributed by atoms with Gasteiger partial charge >= 0.3 is 0 Å². The zero-order valence-electron chi connectivity index (χ0n) is 12.4. The van der Waals surface area contributed by atoms with Gasteiger partial charge in [0.1, 0.15) is 0 Å². The van der Waals surface area contributed by atoms with Crippen LogP contribution in [0.5, 0.6) is 0 Å². The quantitative estimate of drug-likeness (QED) is 0.827. The number of hydrogen-bond acceptors (Lipinski definition) is 2. The van der Waals surface area contributed by atoms with Crippen LogP contribution in [0.4, 0.5) is 0 Å². The van der Waals surface area contributed by atoms with Crippen molar-refractivity contribution in [3.05, 3.63) is 35.9 Å². The summed E-state index contributed by atoms with van der Waals surface area (Å²) in [6.45, 7) is 6.74. The van der Waals surface area contributed by atoms with E-state index in [2.05, 4.69) is 19.2 Å². The molecule has 3 heteroatoms. The zero-order chi connectivity index (χ0) is 14.5. The SMILES string of the molecule is CCC.CCCC(=O)NCCC(O)c1ccccc1. The molecule has 19 heavy (non-hydrogen) atoms. The predicted octanol–water partition coefficient (Wildman–Crippen LogP) is 3.44. The Kier molecular flexibility index (Phi) is 10.9. The summed E-state index contributed by atoms with van der Waals surface area (Å²) < 4.78 is 0. The molecule has 1 aromatic carbocycles. The summed E-state index contributed by atoms with van der Waals surface area (Å²) in [5.41, 5.74) is 0.896. The fourth-order valence-electron chi connectivity index (χ4n) is 1.51. The minimum atomic E-state index is -0.497. The normalized spacial score (nSPS) is 11.2. The van der Waals surface area contributed by atoms with Crippen molar-refractivity contribution < 1.29 is 9.90 Å². The van der Waals surface area contributed by atoms with Crippen LogP contribution in [-0.4, -0.2) is 17.6 Å². The van der Waals surface area contributed by atoms with E-state index in [1.165, 1.54) is 6.42 Å². The van der Waals surface area contributed by atoms with Crippen LogP contribution < -0.4 is 5.32 Å². The molecule has 0 saturated heterocycles. The fraction of sp³-hybridized carbons (Fsp3) is 0.562. The maximum atomic E-state index is 11.2. The third kappa shape index (κ3) is 9.25. The van der Waals surface area contributed by atoms with Gasteiger partial charge in [0.2, 0.25) is 5.91 Å². The Hall–Kier alpha value is -1.35. The van der Waals surface area contributed by atoms with Crippen molar-refractivity contribution in [2.45, 2.75) is 52.6 Å². The first-order valence-corrected chi connectivity index (χ1v) is 7.15. The Balaban J connectivity index is 0.000000982. The van der Waals surface area contributed by atoms with Crippen LogP contribution in [0.1, 0.15) is 58.1 Å². The number of aliphatic hydroxyl groups is 1. The van der Waals surface area contributed by atoms with Gasteiger partial charge in [0.05, 0.1) is 6.10 Å². The first-order chi connectivity index (χ1) is 9.15. The summed E-state index contributed by atoms with van der Waals surface area (Å²) in [6, 6.07) is 9.48. The molecule has 1 aromatic rings. The monoisotopic (exact) mass is 265 g/mol. The van der Waals surface area contributed by atoms with Crippen LogP contribution in [0.15, 0.2) is 30.3 Å². The molecular weight excluding hydrogens is 238 g/mol. The molecule has 2 N–H and O–H groups in total. The van der Waals surface area contributed by atoms with Crippen molar-refractivity contribution in [2.24, 2.45) is 0 Å². The second kappa shape index (κ2) is 11.7. The standard InChI is InChI=1S/C13H19NO2.C3H8/c1-2-6-13(16)14-10-9-12(15)11-7-4-3-5-8-11;1-3-2/h3-5,7-8,12,15H,2,6,9-10H2,1H3,(H,14,16);3H2,1-2H3. The molecule has 1 unspecified atom stereocenters. The van der Waals surface area contributed by atoms with Crippen molar-refractivity contribution in [2.75, 3.05) is 6.54 Å². The lowest BCUT2D eigenvalue weighted by atomic mass is 10.1. The topological polar surface area (TPSA) is 49.3 Å². The molecule has 3 nitrogen and oxygen atoms in total. The van der Waals surface area contributed by atoms with Gasteiger partial charge in [0, 0.05) is 13.0 Å². The third-order valence-electron chi connectivity index (χ3n) is 2.40. The molecule has 0 fully saturated rings. The van der Waals surface area contributed by atoms with Crippen LogP contribution in [0.3, 0.4) is 0 Å². The lowest BCUT2D eigenvalue weighted by Gasteiger charge is -2.11. The zero-order valence-corrected chi connectivity index (χ0v) is 12.4. The van der Waals surface area contributed by atoms with Crippen molar-refractivity contribution in [3.63, 3.8) is 0 Å². The lowest BCUT2D eigenvalue weighted by Crippen LogP contribution is -2.25. The van der Waals surface area contributed by atoms with Gasteiger partial charge in [-0.2, -0.15) is 0 Å². The molecule has 0 aliphatic heterocycles. The summed E-state index contributed by atoms with van der Waals surface area (Å²) in [5.74, 6) is 0.0581. The summed E-state index contributed by atoms with van der Waals surface area (Å²) in [4.78, 5) is 11.2. The van der Waals surface area contributed by atoms with Gasteiger partial charge in [-0.15, -0.1) is 0 Å². The van der Waals surface area contributed by atoms with Crippen molar-refractivity contribution in [1.82, 2.24) is 5.32 Å². The van der Waals surface area contributed by atoms with E-state index in [9.17, 15) is 9.90 Å². The molecule has 0 aliphatic rings. The molecule has 0 radical (unpaired) electrons. The Morgan fingerprint density at radius 2 is 1.79 bits per heavy atom. The highest BCUT2D eigenvalue weighted by atomic mass is 16.3. The molecule has 0 spiro atoms. The van der Waals surface area contributed by atoms with Crippen LogP contribution >= 0.6 is 0 Å². The van der Waals surface area contributed by atoms with E-state index in [1.54, 1.807) is 0 Å². The number of rotatable bonds is 6. The summed E-state index contributed by atoms with van der Waals surface area (Å²) in [5, 5.41) is 12.6. The third-order valence-corrected chi connectivity index (χ3v) is 2.40. The van der Waals surface area contributed by atoms with Gasteiger partial charge in [0.25, 0.3) is 0 Å². The molecule has 0 aromatic heterocycles. The molecule has 0 aliphatic carbocycles. The van der Waals surface area contributed by atoms with Crippen molar-refractivity contribution >= 4 is 5.91 Å². The Morgan fingerprint density at radius 3 is 2.32 bits per heavy atom. The van der Waals surface area contributed by atoms with Crippen molar-refractivity contribution in [3.8, 4) is 0 Å². The lowest BCUT2D eigenvalue weighted by molar-refractivity contribution is -0.121. The number of carbonyl (C=O) groups is 1. The molecule has 1 atom stereocenters. The number of benzene rings is 1. The van der Waals surface area contributed by atoms with Crippen molar-refractivity contribution in [1.29, 1.82) is 0 Å². The van der Waals surface area contributed by atoms with Crippen LogP contribution in [0.2, 0.25) is 0 Å². The highest BCUT2D eigenvalue weighted by Gasteiger charge is 2.06. The predicted molar refractivity (Wildman–Crippen MR) is 79.9 cm³/mol. The van der Waals surface area contributed by atoms with Gasteiger partial charge in [-0.3, -0.25) is 4.79 Å². The van der Waals surface area contributed by atoms with Gasteiger partial charge in [-0.1, -0.05) is 57.5 Å². The van der Waals surface area contributed by atoms with E-state index < -0.39 is 6.10 Å². The maximum absolute atomic E-state index is 11.2. The number of amides is 1. The molecule has 1 rings (SSSR count). The average molecular weight is 265 g/mol. The van der Waals surface area contributed by atoms with Crippen LogP contribution in [0, 0.1) is 0 Å². The summed E-state index contributed by atoms with van der Waals surface area (Å²) in [6.07, 6.45) is 2.72. The van der Waals surface area contributed by atoms with Gasteiger partial charge in [-0.05, 0) is 18.4 Å². The number of hydrogen-bond donors (Lipinski definition) is 2. The highest BCUT2D eigenvalue weighted by Crippen LogP contribution is 2.14. The molecule has 1 amide bonds. The Labute approximate surface area is 117 Å². The van der Waals surface area contributed by atoms with E-state index in [4.69, 9.17) is 0 Å². The van der Waals surface area contributed by atoms with Crippen LogP contribution in [0.25, 0.3) is 0 Å². The highest BCUT2D eigenvalue weighted by molar-refractivity contribution is 5.75. The summed E-state index contributed by atoms with van der Waals surface area (Å²) >= 11 is 0. The molecular formula is C16H27NO2. The van der Waals surface area contributed by atoms with Gasteiger partial charge < -0.3 is 10.4 Å². The van der Waals surface area contributed by atoms with E-state index in [1.807, 2.05) is 37.3 Å². The molecule has 0 heterocycles. The number of carbonyl (C=O) groups excluding carboxylic acids is 1. The first-order valence-electron chi connectivity index (χ1n) is 7.15. The Bertz CT molecular complexity index is 325. The van der Waals surface area contributed by atoms with Gasteiger partial charge in [-0.25, -0.2) is 0 Å². The number of aliphatic hydroxyl groups excluding tert-OH is 1. The minimum Gasteiger partial charge on any atom is -0.388 e. The minimum absolute atomic E-state index is 0.0581. The van der Waals surface area contributed by atoms with E-state index in [-0.39, 0.29) is 5.91 Å². The smallest absolute Gasteiger partial charge is 0.219 e. The molecule has 0 saturated carbocycles. The fourth-order valence-corrected chi connectivity index (χ4v) is 1.51. The van der Waals surface area contributed by atoms with Gasteiger partial charge in [0.15, 0.2) is 0 Å². The molecule has 108 valence electrons. The first kappa shape index (κ1) is 17.6. The second-order valence-corrected chi connectivity index (χ2v) is 4.52. The largest absolute Gasteiger partial charge is 0.388 e. The van der Waals surface area contributed by atoms with E-state index in [0.29, 0.717) is 19.4 Å². The van der Waals surface area contributed by atoms with E-state index >= 15 is 0 Å². The number of nitrogens with one attached hydrogen (secondary N) is 1. The second-order valence-electron chi connectivity index (χ2n) is 4.52. The molecule has 0 bridgehead atoms.